The molecule has 2 N–H and O–H groups in total. The molecule has 0 radical (unpaired) electrons. The minimum absolute atomic E-state index is 0.0183. The monoisotopic (exact) mass is 436 g/mol. The highest BCUT2D eigenvalue weighted by Crippen LogP contribution is 2.18. The Kier molecular flexibility index (Phi) is 7.84. The Balaban J connectivity index is 2.21. The molecule has 162 valence electrons. The maximum atomic E-state index is 12.8. The Labute approximate surface area is 175 Å². The normalized spacial score (nSPS) is 12.1. The summed E-state index contributed by atoms with van der Waals surface area (Å²) < 4.78 is 37.6. The van der Waals surface area contributed by atoms with Crippen molar-refractivity contribution in [2.45, 2.75) is 38.2 Å². The molecule has 30 heavy (non-hydrogen) atoms. The fraction of sp³-hybridized carbons (Fsp3) is 0.368. The van der Waals surface area contributed by atoms with E-state index in [1.54, 1.807) is 32.9 Å². The van der Waals surface area contributed by atoms with E-state index in [2.05, 4.69) is 15.3 Å². The third-order valence-electron chi connectivity index (χ3n) is 3.94. The molecule has 1 atom stereocenters. The Morgan fingerprint density at radius 3 is 2.37 bits per heavy atom. The zero-order chi connectivity index (χ0) is 22.3. The molecule has 0 aliphatic rings. The van der Waals surface area contributed by atoms with Gasteiger partial charge in [0.15, 0.2) is 6.10 Å². The zero-order valence-electron chi connectivity index (χ0n) is 17.1. The first-order valence-electron chi connectivity index (χ1n) is 9.09. The van der Waals surface area contributed by atoms with Crippen LogP contribution in [-0.2, 0) is 30.7 Å². The number of hydrogen-bond donors (Lipinski definition) is 2. The molecular formula is C19H24N4O6S. The first-order valence-corrected chi connectivity index (χ1v) is 10.6. The van der Waals surface area contributed by atoms with E-state index in [-0.39, 0.29) is 23.9 Å². The molecule has 1 unspecified atom stereocenters. The number of nitrogens with one attached hydrogen (secondary N) is 2. The maximum absolute atomic E-state index is 12.8. The number of nitrogens with zero attached hydrogens (tertiary/aromatic N) is 2. The number of amides is 2. The van der Waals surface area contributed by atoms with Gasteiger partial charge >= 0.3 is 12.0 Å². The number of urea groups is 1. The highest BCUT2D eigenvalue weighted by Gasteiger charge is 2.26. The number of aryl methyl sites for hydroxylation is 2. The molecular weight excluding hydrogens is 412 g/mol. The molecule has 0 saturated heterocycles. The van der Waals surface area contributed by atoms with Gasteiger partial charge in [0.25, 0.3) is 10.0 Å². The molecule has 1 aromatic heterocycles. The summed E-state index contributed by atoms with van der Waals surface area (Å²) in [5.41, 5.74) is 1.53. The van der Waals surface area contributed by atoms with Gasteiger partial charge in [0, 0.05) is 24.9 Å². The van der Waals surface area contributed by atoms with Crippen LogP contribution in [-0.4, -0.2) is 50.2 Å². The zero-order valence-corrected chi connectivity index (χ0v) is 17.9. The van der Waals surface area contributed by atoms with Gasteiger partial charge in [-0.05, 0) is 38.5 Å². The summed E-state index contributed by atoms with van der Waals surface area (Å²) >= 11 is 0. The second-order valence-electron chi connectivity index (χ2n) is 6.32. The van der Waals surface area contributed by atoms with Crippen LogP contribution in [0.4, 0.5) is 10.7 Å². The van der Waals surface area contributed by atoms with Crippen LogP contribution in [0.5, 0.6) is 0 Å². The van der Waals surface area contributed by atoms with Crippen molar-refractivity contribution in [3.63, 3.8) is 0 Å². The third kappa shape index (κ3) is 6.22. The summed E-state index contributed by atoms with van der Waals surface area (Å²) in [7, 11) is -2.92. The number of esters is 1. The summed E-state index contributed by atoms with van der Waals surface area (Å²) in [5, 5.41) is 2.31. The quantitative estimate of drug-likeness (QED) is 0.597. The van der Waals surface area contributed by atoms with Crippen molar-refractivity contribution >= 4 is 28.0 Å². The second kappa shape index (κ2) is 10.1. The number of rotatable bonds is 8. The number of anilines is 1. The summed E-state index contributed by atoms with van der Waals surface area (Å²) in [6.45, 7) is 5.27. The predicted molar refractivity (Wildman–Crippen MR) is 108 cm³/mol. The van der Waals surface area contributed by atoms with Gasteiger partial charge in [-0.2, -0.15) is 0 Å². The van der Waals surface area contributed by atoms with Gasteiger partial charge < -0.3 is 9.47 Å². The predicted octanol–water partition coefficient (Wildman–Crippen LogP) is 1.72. The Morgan fingerprint density at radius 2 is 1.77 bits per heavy atom. The lowest BCUT2D eigenvalue weighted by Gasteiger charge is -2.16. The van der Waals surface area contributed by atoms with E-state index in [4.69, 9.17) is 9.47 Å². The number of hydrogen-bond acceptors (Lipinski definition) is 8. The molecule has 0 spiro atoms. The topological polar surface area (TPSA) is 137 Å². The lowest BCUT2D eigenvalue weighted by atomic mass is 10.1. The van der Waals surface area contributed by atoms with Crippen molar-refractivity contribution < 1.29 is 27.5 Å². The van der Waals surface area contributed by atoms with Crippen LogP contribution in [0.15, 0.2) is 35.2 Å². The van der Waals surface area contributed by atoms with Crippen molar-refractivity contribution in [2.75, 3.05) is 19.0 Å². The molecule has 0 aliphatic heterocycles. The Bertz CT molecular complexity index is 1010. The van der Waals surface area contributed by atoms with Crippen LogP contribution in [0.3, 0.4) is 0 Å². The number of methoxy groups -OCH3 is 1. The van der Waals surface area contributed by atoms with E-state index >= 15 is 0 Å². The molecule has 1 aromatic carbocycles. The molecule has 0 fully saturated rings. The van der Waals surface area contributed by atoms with Gasteiger partial charge in [0.05, 0.1) is 11.5 Å². The Hall–Kier alpha value is -3.05. The lowest BCUT2D eigenvalue weighted by molar-refractivity contribution is -0.154. The minimum Gasteiger partial charge on any atom is -0.464 e. The minimum atomic E-state index is -4.25. The standard InChI is InChI=1S/C19H24N4O6S/c1-5-29-17(24)15(28-4)11-14-8-6-7-9-16(14)30(26,27)23-19(25)22-18-20-12(2)10-13(3)21-18/h6-10,15H,5,11H2,1-4H3,(H2,20,21,22,23,25). The molecule has 2 amide bonds. The third-order valence-corrected chi connectivity index (χ3v) is 5.37. The van der Waals surface area contributed by atoms with Gasteiger partial charge in [-0.1, -0.05) is 18.2 Å². The van der Waals surface area contributed by atoms with Gasteiger partial charge in [-0.3, -0.25) is 5.32 Å². The largest absolute Gasteiger partial charge is 0.464 e. The molecule has 0 bridgehead atoms. The van der Waals surface area contributed by atoms with Crippen LogP contribution >= 0.6 is 0 Å². The van der Waals surface area contributed by atoms with Crippen LogP contribution in [0, 0.1) is 13.8 Å². The van der Waals surface area contributed by atoms with E-state index in [9.17, 15) is 18.0 Å². The van der Waals surface area contributed by atoms with E-state index in [1.165, 1.54) is 25.3 Å². The highest BCUT2D eigenvalue weighted by atomic mass is 32.2. The van der Waals surface area contributed by atoms with E-state index < -0.39 is 28.1 Å². The average Bonchev–Trinajstić information content (AvgIpc) is 2.65. The average molecular weight is 436 g/mol. The van der Waals surface area contributed by atoms with Gasteiger partial charge in [-0.25, -0.2) is 32.7 Å². The fourth-order valence-electron chi connectivity index (χ4n) is 2.72. The van der Waals surface area contributed by atoms with Gasteiger partial charge in [-0.15, -0.1) is 0 Å². The van der Waals surface area contributed by atoms with Crippen LogP contribution in [0.1, 0.15) is 23.9 Å². The van der Waals surface area contributed by atoms with E-state index in [0.717, 1.165) is 0 Å². The highest BCUT2D eigenvalue weighted by molar-refractivity contribution is 7.90. The molecule has 2 aromatic rings. The number of benzene rings is 1. The number of carbonyl (C=O) groups is 2. The smallest absolute Gasteiger partial charge is 0.335 e. The summed E-state index contributed by atoms with van der Waals surface area (Å²) in [4.78, 5) is 32.1. The number of ether oxygens (including phenoxy) is 2. The molecule has 0 aliphatic carbocycles. The van der Waals surface area contributed by atoms with Crippen LogP contribution in [0.2, 0.25) is 0 Å². The summed E-state index contributed by atoms with van der Waals surface area (Å²) in [5.74, 6) is -0.625. The lowest BCUT2D eigenvalue weighted by Crippen LogP contribution is -2.36. The van der Waals surface area contributed by atoms with E-state index in [1.807, 2.05) is 4.72 Å². The first kappa shape index (κ1) is 23.2. The van der Waals surface area contributed by atoms with Crippen LogP contribution in [0.25, 0.3) is 0 Å². The van der Waals surface area contributed by atoms with Crippen molar-refractivity contribution in [1.29, 1.82) is 0 Å². The van der Waals surface area contributed by atoms with Gasteiger partial charge in [0.2, 0.25) is 5.95 Å². The summed E-state index contributed by atoms with van der Waals surface area (Å²) in [6.07, 6.45) is -1.03. The molecule has 0 saturated carbocycles. The van der Waals surface area contributed by atoms with Crippen molar-refractivity contribution in [2.24, 2.45) is 0 Å². The van der Waals surface area contributed by atoms with Gasteiger partial charge in [0.1, 0.15) is 0 Å². The maximum Gasteiger partial charge on any atom is 0.335 e. The van der Waals surface area contributed by atoms with Crippen molar-refractivity contribution in [3.05, 3.63) is 47.3 Å². The van der Waals surface area contributed by atoms with Crippen molar-refractivity contribution in [1.82, 2.24) is 14.7 Å². The second-order valence-corrected chi connectivity index (χ2v) is 7.97. The molecule has 10 nitrogen and oxygen atoms in total. The first-order chi connectivity index (χ1) is 14.2. The van der Waals surface area contributed by atoms with E-state index in [0.29, 0.717) is 17.0 Å². The molecule has 1 heterocycles. The summed E-state index contributed by atoms with van der Waals surface area (Å²) in [6, 6.07) is 6.70. The fourth-order valence-corrected chi connectivity index (χ4v) is 3.88. The Morgan fingerprint density at radius 1 is 1.13 bits per heavy atom. The SMILES string of the molecule is CCOC(=O)C(Cc1ccccc1S(=O)(=O)NC(=O)Nc1nc(C)cc(C)n1)OC. The molecule has 11 heteroatoms. The number of sulfonamides is 1. The number of carbonyl (C=O) groups excluding carboxylic acids is 2. The van der Waals surface area contributed by atoms with Crippen molar-refractivity contribution in [3.8, 4) is 0 Å². The van der Waals surface area contributed by atoms with Crippen LogP contribution < -0.4 is 10.0 Å². The number of aromatic nitrogens is 2. The molecule has 2 rings (SSSR count).